The molecule has 2 rings (SSSR count). The molecule has 0 spiro atoms. The molecule has 5 nitrogen and oxygen atoms in total. The van der Waals surface area contributed by atoms with Crippen molar-refractivity contribution in [1.29, 1.82) is 0 Å². The fourth-order valence-electron chi connectivity index (χ4n) is 2.91. The van der Waals surface area contributed by atoms with E-state index < -0.39 is 4.92 Å². The molecule has 1 aliphatic rings. The van der Waals surface area contributed by atoms with Gasteiger partial charge in [0.25, 0.3) is 11.6 Å². The lowest BCUT2D eigenvalue weighted by Crippen LogP contribution is -2.40. The smallest absolute Gasteiger partial charge is 0.269 e. The molecule has 0 saturated heterocycles. The average molecular weight is 355 g/mol. The zero-order valence-corrected chi connectivity index (χ0v) is 13.6. The Labute approximate surface area is 132 Å². The van der Waals surface area contributed by atoms with Crippen LogP contribution in [0.5, 0.6) is 0 Å². The lowest BCUT2D eigenvalue weighted by Gasteiger charge is -2.29. The predicted octanol–water partition coefficient (Wildman–Crippen LogP) is 3.68. The van der Waals surface area contributed by atoms with Crippen molar-refractivity contribution >= 4 is 27.5 Å². The van der Waals surface area contributed by atoms with Crippen LogP contribution in [0.4, 0.5) is 5.69 Å². The molecule has 6 heteroatoms. The van der Waals surface area contributed by atoms with Crippen molar-refractivity contribution in [3.63, 3.8) is 0 Å². The molecule has 21 heavy (non-hydrogen) atoms. The van der Waals surface area contributed by atoms with Crippen molar-refractivity contribution in [2.75, 3.05) is 11.9 Å². The first-order valence-electron chi connectivity index (χ1n) is 7.16. The summed E-state index contributed by atoms with van der Waals surface area (Å²) in [7, 11) is 0. The van der Waals surface area contributed by atoms with Crippen LogP contribution in [0.1, 0.15) is 41.6 Å². The maximum absolute atomic E-state index is 12.8. The lowest BCUT2D eigenvalue weighted by atomic mass is 10.1. The van der Waals surface area contributed by atoms with Crippen LogP contribution >= 0.6 is 15.9 Å². The number of non-ortho nitro benzene ring substituents is 1. The first-order valence-corrected chi connectivity index (χ1v) is 8.28. The number of nitrogens with zero attached hydrogens (tertiary/aromatic N) is 2. The van der Waals surface area contributed by atoms with Crippen LogP contribution in [-0.4, -0.2) is 33.6 Å². The Morgan fingerprint density at radius 1 is 1.43 bits per heavy atom. The molecule has 0 aromatic heterocycles. The Balaban J connectivity index is 2.25. The van der Waals surface area contributed by atoms with Gasteiger partial charge in [-0.05, 0) is 31.4 Å². The summed E-state index contributed by atoms with van der Waals surface area (Å²) in [5, 5.41) is 11.5. The maximum Gasteiger partial charge on any atom is 0.269 e. The van der Waals surface area contributed by atoms with Crippen molar-refractivity contribution in [3.8, 4) is 0 Å². The van der Waals surface area contributed by atoms with E-state index >= 15 is 0 Å². The number of halogens is 1. The number of hydrogen-bond acceptors (Lipinski definition) is 3. The molecule has 1 aromatic rings. The van der Waals surface area contributed by atoms with Crippen molar-refractivity contribution in [2.45, 2.75) is 38.6 Å². The van der Waals surface area contributed by atoms with Gasteiger partial charge < -0.3 is 4.90 Å². The first-order chi connectivity index (χ1) is 10.0. The van der Waals surface area contributed by atoms with Crippen molar-refractivity contribution in [3.05, 3.63) is 39.4 Å². The molecule has 1 saturated carbocycles. The summed E-state index contributed by atoms with van der Waals surface area (Å²) in [4.78, 5) is 25.0. The van der Waals surface area contributed by atoms with Crippen LogP contribution in [0.2, 0.25) is 0 Å². The summed E-state index contributed by atoms with van der Waals surface area (Å²) in [5.74, 6) is -0.0197. The molecule has 0 radical (unpaired) electrons. The van der Waals surface area contributed by atoms with Crippen LogP contribution < -0.4 is 0 Å². The summed E-state index contributed by atoms with van der Waals surface area (Å²) in [6.45, 7) is 2.42. The number of amides is 1. The summed E-state index contributed by atoms with van der Waals surface area (Å²) in [6, 6.07) is 4.74. The highest BCUT2D eigenvalue weighted by Crippen LogP contribution is 2.26. The largest absolute Gasteiger partial charge is 0.335 e. The van der Waals surface area contributed by atoms with Gasteiger partial charge in [0.15, 0.2) is 0 Å². The molecular formula is C15H19BrN2O3. The third-order valence-corrected chi connectivity index (χ3v) is 4.36. The Hall–Kier alpha value is -1.43. The van der Waals surface area contributed by atoms with E-state index in [1.165, 1.54) is 12.1 Å². The van der Waals surface area contributed by atoms with Gasteiger partial charge in [-0.25, -0.2) is 0 Å². The van der Waals surface area contributed by atoms with Gasteiger partial charge in [0.2, 0.25) is 0 Å². The number of nitro benzene ring substituents is 1. The number of hydrogen-bond donors (Lipinski definition) is 0. The van der Waals surface area contributed by atoms with Gasteiger partial charge in [0, 0.05) is 35.6 Å². The fourth-order valence-corrected chi connectivity index (χ4v) is 3.30. The average Bonchev–Trinajstić information content (AvgIpc) is 2.97. The van der Waals surface area contributed by atoms with Gasteiger partial charge in [-0.3, -0.25) is 14.9 Å². The Kier molecular flexibility index (Phi) is 5.33. The molecule has 0 N–H and O–H groups in total. The van der Waals surface area contributed by atoms with E-state index in [9.17, 15) is 14.9 Å². The zero-order valence-electron chi connectivity index (χ0n) is 12.0. The lowest BCUT2D eigenvalue weighted by molar-refractivity contribution is -0.384. The molecule has 0 atom stereocenters. The number of rotatable bonds is 5. The normalized spacial score (nSPS) is 15.1. The van der Waals surface area contributed by atoms with Crippen LogP contribution in [0.3, 0.4) is 0 Å². The second kappa shape index (κ2) is 7.02. The number of carbonyl (C=O) groups is 1. The summed E-state index contributed by atoms with van der Waals surface area (Å²) < 4.78 is 0. The van der Waals surface area contributed by atoms with Crippen molar-refractivity contribution in [2.24, 2.45) is 0 Å². The molecule has 0 heterocycles. The maximum atomic E-state index is 12.8. The Morgan fingerprint density at radius 2 is 2.10 bits per heavy atom. The monoisotopic (exact) mass is 354 g/mol. The van der Waals surface area contributed by atoms with Crippen molar-refractivity contribution < 1.29 is 9.72 Å². The Morgan fingerprint density at radius 3 is 2.62 bits per heavy atom. The molecule has 1 aromatic carbocycles. The van der Waals surface area contributed by atoms with Gasteiger partial charge in [-0.1, -0.05) is 28.8 Å². The van der Waals surface area contributed by atoms with Crippen LogP contribution in [0, 0.1) is 17.0 Å². The molecule has 1 fully saturated rings. The van der Waals surface area contributed by atoms with Gasteiger partial charge in [0.1, 0.15) is 0 Å². The standard InChI is InChI=1S/C15H19BrN2O3/c1-11-10-13(18(20)21)6-7-14(11)15(19)17(9-8-16)12-4-2-3-5-12/h6-7,10,12H,2-5,8-9H2,1H3. The number of nitro groups is 1. The van der Waals surface area contributed by atoms with E-state index in [4.69, 9.17) is 0 Å². The van der Waals surface area contributed by atoms with Crippen molar-refractivity contribution in [1.82, 2.24) is 4.90 Å². The summed E-state index contributed by atoms with van der Waals surface area (Å²) in [6.07, 6.45) is 4.42. The third-order valence-electron chi connectivity index (χ3n) is 4.00. The molecular weight excluding hydrogens is 336 g/mol. The Bertz CT molecular complexity index is 542. The minimum absolute atomic E-state index is 0.0197. The SMILES string of the molecule is Cc1cc([N+](=O)[O-])ccc1C(=O)N(CCBr)C1CCCC1. The summed E-state index contributed by atoms with van der Waals surface area (Å²) >= 11 is 3.40. The topological polar surface area (TPSA) is 63.5 Å². The minimum atomic E-state index is -0.436. The van der Waals surface area contributed by atoms with E-state index in [2.05, 4.69) is 15.9 Å². The second-order valence-electron chi connectivity index (χ2n) is 5.38. The van der Waals surface area contributed by atoms with Gasteiger partial charge in [-0.2, -0.15) is 0 Å². The molecule has 0 bridgehead atoms. The van der Waals surface area contributed by atoms with E-state index in [-0.39, 0.29) is 11.6 Å². The van der Waals surface area contributed by atoms with Gasteiger partial charge in [-0.15, -0.1) is 0 Å². The minimum Gasteiger partial charge on any atom is -0.335 e. The van der Waals surface area contributed by atoms with Crippen LogP contribution in [0.15, 0.2) is 18.2 Å². The molecule has 0 unspecified atom stereocenters. The molecule has 1 aliphatic carbocycles. The highest BCUT2D eigenvalue weighted by Gasteiger charge is 2.28. The van der Waals surface area contributed by atoms with Gasteiger partial charge >= 0.3 is 0 Å². The highest BCUT2D eigenvalue weighted by molar-refractivity contribution is 9.09. The van der Waals surface area contributed by atoms with E-state index in [0.29, 0.717) is 23.7 Å². The zero-order chi connectivity index (χ0) is 15.4. The molecule has 1 amide bonds. The number of alkyl halides is 1. The highest BCUT2D eigenvalue weighted by atomic mass is 79.9. The summed E-state index contributed by atoms with van der Waals surface area (Å²) in [5.41, 5.74) is 1.25. The number of carbonyl (C=O) groups excluding carboxylic acids is 1. The molecule has 114 valence electrons. The number of aryl methyl sites for hydroxylation is 1. The van der Waals surface area contributed by atoms with E-state index in [1.54, 1.807) is 13.0 Å². The quantitative estimate of drug-likeness (QED) is 0.460. The van der Waals surface area contributed by atoms with Crippen LogP contribution in [-0.2, 0) is 0 Å². The number of benzene rings is 1. The third kappa shape index (κ3) is 3.61. The predicted molar refractivity (Wildman–Crippen MR) is 84.9 cm³/mol. The van der Waals surface area contributed by atoms with E-state index in [1.807, 2.05) is 4.90 Å². The van der Waals surface area contributed by atoms with Crippen LogP contribution in [0.25, 0.3) is 0 Å². The second-order valence-corrected chi connectivity index (χ2v) is 6.18. The molecule has 0 aliphatic heterocycles. The first kappa shape index (κ1) is 15.9. The van der Waals surface area contributed by atoms with E-state index in [0.717, 1.165) is 31.0 Å². The van der Waals surface area contributed by atoms with Gasteiger partial charge in [0.05, 0.1) is 4.92 Å². The fraction of sp³-hybridized carbons (Fsp3) is 0.533.